The molecule has 1 heterocycles. The minimum Gasteiger partial charge on any atom is -0.336 e. The molecule has 1 fully saturated rings. The molecule has 3 amide bonds. The zero-order valence-corrected chi connectivity index (χ0v) is 14.5. The lowest BCUT2D eigenvalue weighted by Gasteiger charge is -2.25. The van der Waals surface area contributed by atoms with Crippen molar-refractivity contribution in [1.29, 1.82) is 0 Å². The van der Waals surface area contributed by atoms with E-state index in [-0.39, 0.29) is 18.0 Å². The molecule has 0 radical (unpaired) electrons. The standard InChI is InChI=1S/C18H27N3O2/c1-13(2)21(15(4)22)12-16-5-7-17(8-6-16)19-18(23)20-10-9-14(3)11-20/h5-8,13-14H,9-12H2,1-4H3,(H,19,23). The zero-order chi connectivity index (χ0) is 17.0. The van der Waals surface area contributed by atoms with Gasteiger partial charge in [0.15, 0.2) is 0 Å². The van der Waals surface area contributed by atoms with Crippen LogP contribution in [0.2, 0.25) is 0 Å². The van der Waals surface area contributed by atoms with Crippen molar-refractivity contribution in [3.63, 3.8) is 0 Å². The third-order valence-electron chi connectivity index (χ3n) is 4.30. The first-order valence-electron chi connectivity index (χ1n) is 8.29. The Kier molecular flexibility index (Phi) is 5.64. The summed E-state index contributed by atoms with van der Waals surface area (Å²) >= 11 is 0. The number of nitrogens with one attached hydrogen (secondary N) is 1. The Morgan fingerprint density at radius 1 is 1.30 bits per heavy atom. The summed E-state index contributed by atoms with van der Waals surface area (Å²) in [6.07, 6.45) is 1.07. The van der Waals surface area contributed by atoms with Gasteiger partial charge < -0.3 is 15.1 Å². The number of anilines is 1. The Bertz CT molecular complexity index is 554. The lowest BCUT2D eigenvalue weighted by molar-refractivity contribution is -0.131. The topological polar surface area (TPSA) is 52.7 Å². The van der Waals surface area contributed by atoms with Crippen LogP contribution in [0, 0.1) is 5.92 Å². The van der Waals surface area contributed by atoms with Gasteiger partial charge in [-0.25, -0.2) is 4.79 Å². The van der Waals surface area contributed by atoms with Gasteiger partial charge in [-0.05, 0) is 43.9 Å². The van der Waals surface area contributed by atoms with Crippen molar-refractivity contribution in [3.8, 4) is 0 Å². The summed E-state index contributed by atoms with van der Waals surface area (Å²) in [5.41, 5.74) is 1.85. The highest BCUT2D eigenvalue weighted by Gasteiger charge is 2.23. The van der Waals surface area contributed by atoms with Gasteiger partial charge in [0.05, 0.1) is 0 Å². The van der Waals surface area contributed by atoms with Crippen molar-refractivity contribution in [3.05, 3.63) is 29.8 Å². The maximum absolute atomic E-state index is 12.2. The maximum atomic E-state index is 12.2. The molecule has 1 aliphatic heterocycles. The predicted octanol–water partition coefficient (Wildman–Crippen LogP) is 3.32. The lowest BCUT2D eigenvalue weighted by Crippen LogP contribution is -2.34. The van der Waals surface area contributed by atoms with E-state index in [1.165, 1.54) is 0 Å². The largest absolute Gasteiger partial charge is 0.336 e. The molecule has 126 valence electrons. The number of likely N-dealkylation sites (tertiary alicyclic amines) is 1. The molecule has 1 aromatic carbocycles. The van der Waals surface area contributed by atoms with E-state index in [9.17, 15) is 9.59 Å². The number of hydrogen-bond donors (Lipinski definition) is 1. The minimum absolute atomic E-state index is 0.0327. The molecule has 1 saturated heterocycles. The van der Waals surface area contributed by atoms with Crippen molar-refractivity contribution < 1.29 is 9.59 Å². The SMILES string of the molecule is CC(=O)N(Cc1ccc(NC(=O)N2CCC(C)C2)cc1)C(C)C. The van der Waals surface area contributed by atoms with Gasteiger partial charge >= 0.3 is 6.03 Å². The smallest absolute Gasteiger partial charge is 0.321 e. The second kappa shape index (κ2) is 7.49. The molecule has 0 saturated carbocycles. The normalized spacial score (nSPS) is 17.4. The van der Waals surface area contributed by atoms with E-state index in [0.717, 1.165) is 30.8 Å². The highest BCUT2D eigenvalue weighted by Crippen LogP contribution is 2.18. The van der Waals surface area contributed by atoms with Gasteiger partial charge in [-0.1, -0.05) is 19.1 Å². The molecule has 0 bridgehead atoms. The molecule has 1 N–H and O–H groups in total. The number of amides is 3. The number of rotatable bonds is 4. The van der Waals surface area contributed by atoms with Crippen LogP contribution in [0.1, 0.15) is 39.7 Å². The van der Waals surface area contributed by atoms with E-state index in [0.29, 0.717) is 12.5 Å². The average Bonchev–Trinajstić information content (AvgIpc) is 2.92. The Balaban J connectivity index is 1.94. The molecule has 5 nitrogen and oxygen atoms in total. The van der Waals surface area contributed by atoms with Gasteiger partial charge in [0, 0.05) is 38.3 Å². The number of urea groups is 1. The summed E-state index contributed by atoms with van der Waals surface area (Å²) in [5, 5.41) is 2.94. The number of benzene rings is 1. The quantitative estimate of drug-likeness (QED) is 0.926. The van der Waals surface area contributed by atoms with Gasteiger partial charge in [-0.15, -0.1) is 0 Å². The molecule has 1 unspecified atom stereocenters. The van der Waals surface area contributed by atoms with Gasteiger partial charge in [0.25, 0.3) is 0 Å². The van der Waals surface area contributed by atoms with E-state index in [4.69, 9.17) is 0 Å². The van der Waals surface area contributed by atoms with Crippen molar-refractivity contribution in [2.75, 3.05) is 18.4 Å². The summed E-state index contributed by atoms with van der Waals surface area (Å²) in [6, 6.07) is 7.84. The molecule has 0 aromatic heterocycles. The zero-order valence-electron chi connectivity index (χ0n) is 14.5. The average molecular weight is 317 g/mol. The summed E-state index contributed by atoms with van der Waals surface area (Å²) < 4.78 is 0. The van der Waals surface area contributed by atoms with Crippen molar-refractivity contribution in [2.24, 2.45) is 5.92 Å². The van der Waals surface area contributed by atoms with Gasteiger partial charge in [0.2, 0.25) is 5.91 Å². The van der Waals surface area contributed by atoms with Crippen LogP contribution in [0.15, 0.2) is 24.3 Å². The van der Waals surface area contributed by atoms with Crippen molar-refractivity contribution >= 4 is 17.6 Å². The molecular weight excluding hydrogens is 290 g/mol. The molecule has 2 rings (SSSR count). The highest BCUT2D eigenvalue weighted by molar-refractivity contribution is 5.89. The Labute approximate surface area is 138 Å². The third kappa shape index (κ3) is 4.71. The molecule has 0 aliphatic carbocycles. The molecular formula is C18H27N3O2. The monoisotopic (exact) mass is 317 g/mol. The van der Waals surface area contributed by atoms with Crippen LogP contribution in [-0.2, 0) is 11.3 Å². The van der Waals surface area contributed by atoms with E-state index < -0.39 is 0 Å². The Morgan fingerprint density at radius 3 is 2.43 bits per heavy atom. The van der Waals surface area contributed by atoms with Crippen LogP contribution >= 0.6 is 0 Å². The molecule has 1 aromatic rings. The molecule has 0 spiro atoms. The van der Waals surface area contributed by atoms with Gasteiger partial charge in [0.1, 0.15) is 0 Å². The first kappa shape index (κ1) is 17.3. The maximum Gasteiger partial charge on any atom is 0.321 e. The van der Waals surface area contributed by atoms with Crippen LogP contribution in [0.3, 0.4) is 0 Å². The number of nitrogens with zero attached hydrogens (tertiary/aromatic N) is 2. The summed E-state index contributed by atoms with van der Waals surface area (Å²) in [7, 11) is 0. The van der Waals surface area contributed by atoms with E-state index in [2.05, 4.69) is 12.2 Å². The lowest BCUT2D eigenvalue weighted by atomic mass is 10.1. The summed E-state index contributed by atoms with van der Waals surface area (Å²) in [4.78, 5) is 27.5. The van der Waals surface area contributed by atoms with E-state index >= 15 is 0 Å². The highest BCUT2D eigenvalue weighted by atomic mass is 16.2. The van der Waals surface area contributed by atoms with Gasteiger partial charge in [-0.3, -0.25) is 4.79 Å². The molecule has 1 aliphatic rings. The van der Waals surface area contributed by atoms with Crippen LogP contribution in [0.25, 0.3) is 0 Å². The third-order valence-corrected chi connectivity index (χ3v) is 4.30. The van der Waals surface area contributed by atoms with Crippen LogP contribution in [0.4, 0.5) is 10.5 Å². The summed E-state index contributed by atoms with van der Waals surface area (Å²) in [5.74, 6) is 0.650. The van der Waals surface area contributed by atoms with Crippen LogP contribution in [0.5, 0.6) is 0 Å². The van der Waals surface area contributed by atoms with Gasteiger partial charge in [-0.2, -0.15) is 0 Å². The van der Waals surface area contributed by atoms with Crippen molar-refractivity contribution in [1.82, 2.24) is 9.80 Å². The second-order valence-electron chi connectivity index (χ2n) is 6.71. The molecule has 5 heteroatoms. The first-order valence-corrected chi connectivity index (χ1v) is 8.29. The number of carbonyl (C=O) groups is 2. The minimum atomic E-state index is -0.0327. The van der Waals surface area contributed by atoms with Crippen molar-refractivity contribution in [2.45, 2.75) is 46.7 Å². The molecule has 23 heavy (non-hydrogen) atoms. The fourth-order valence-corrected chi connectivity index (χ4v) is 2.87. The second-order valence-corrected chi connectivity index (χ2v) is 6.71. The number of hydrogen-bond acceptors (Lipinski definition) is 2. The van der Waals surface area contributed by atoms with Crippen LogP contribution < -0.4 is 5.32 Å². The fourth-order valence-electron chi connectivity index (χ4n) is 2.87. The van der Waals surface area contributed by atoms with Crippen LogP contribution in [-0.4, -0.2) is 40.9 Å². The summed E-state index contributed by atoms with van der Waals surface area (Å²) in [6.45, 7) is 10.0. The predicted molar refractivity (Wildman–Crippen MR) is 92.2 cm³/mol. The van der Waals surface area contributed by atoms with E-state index in [1.54, 1.807) is 6.92 Å². The number of carbonyl (C=O) groups excluding carboxylic acids is 2. The Hall–Kier alpha value is -2.04. The molecule has 1 atom stereocenters. The Morgan fingerprint density at radius 2 is 1.96 bits per heavy atom. The first-order chi connectivity index (χ1) is 10.9. The van der Waals surface area contributed by atoms with E-state index in [1.807, 2.05) is 47.9 Å². The fraction of sp³-hybridized carbons (Fsp3) is 0.556.